The van der Waals surface area contributed by atoms with Gasteiger partial charge in [0.15, 0.2) is 4.80 Å². The van der Waals surface area contributed by atoms with E-state index in [1.807, 2.05) is 0 Å². The molecule has 0 fully saturated rings. The number of fused-ring (bicyclic) bond motifs is 1. The maximum Gasteiger partial charge on any atom is 0.338 e. The molecule has 6 nitrogen and oxygen atoms in total. The quantitative estimate of drug-likeness (QED) is 0.304. The number of halogens is 3. The van der Waals surface area contributed by atoms with Crippen molar-refractivity contribution < 1.29 is 18.3 Å². The van der Waals surface area contributed by atoms with Crippen LogP contribution in [0.4, 0.5) is 4.39 Å². The average Bonchev–Trinajstić information content (AvgIpc) is 3.45. The van der Waals surface area contributed by atoms with Crippen LogP contribution < -0.4 is 14.9 Å². The Labute approximate surface area is 224 Å². The lowest BCUT2D eigenvalue weighted by Gasteiger charge is -2.24. The molecule has 2 aromatic heterocycles. The van der Waals surface area contributed by atoms with Crippen molar-refractivity contribution in [3.63, 3.8) is 0 Å². The van der Waals surface area contributed by atoms with E-state index in [0.717, 1.165) is 11.3 Å². The Morgan fingerprint density at radius 1 is 1.19 bits per heavy atom. The zero-order chi connectivity index (χ0) is 26.3. The van der Waals surface area contributed by atoms with Crippen molar-refractivity contribution in [2.45, 2.75) is 19.9 Å². The van der Waals surface area contributed by atoms with Crippen LogP contribution in [-0.4, -0.2) is 17.1 Å². The van der Waals surface area contributed by atoms with Gasteiger partial charge in [-0.15, -0.1) is 0 Å². The molecular weight excluding hydrogens is 538 g/mol. The fraction of sp³-hybridized carbons (Fsp3) is 0.148. The van der Waals surface area contributed by atoms with Crippen LogP contribution in [0.2, 0.25) is 10.0 Å². The lowest BCUT2D eigenvalue weighted by molar-refractivity contribution is -0.139. The largest absolute Gasteiger partial charge is 0.463 e. The van der Waals surface area contributed by atoms with Crippen molar-refractivity contribution in [1.82, 2.24) is 4.57 Å². The number of rotatable bonds is 5. The Bertz CT molecular complexity index is 1730. The number of hydrogen-bond donors (Lipinski definition) is 0. The second-order valence-corrected chi connectivity index (χ2v) is 9.95. The van der Waals surface area contributed by atoms with Gasteiger partial charge in [0.05, 0.1) is 38.5 Å². The molecule has 0 aliphatic carbocycles. The SMILES string of the molecule is CCOC(=O)C1=C(C)N=c2s/c(=C\c3ccc(-c4cccc(Cl)c4Cl)o3)c(=O)n2[C@H]1c1ccc(F)cc1. The third-order valence-electron chi connectivity index (χ3n) is 5.82. The van der Waals surface area contributed by atoms with Gasteiger partial charge in [0.2, 0.25) is 0 Å². The minimum absolute atomic E-state index is 0.160. The summed E-state index contributed by atoms with van der Waals surface area (Å²) >= 11 is 13.6. The van der Waals surface area contributed by atoms with Crippen molar-refractivity contribution in [3.05, 3.63) is 113 Å². The summed E-state index contributed by atoms with van der Waals surface area (Å²) < 4.78 is 26.7. The summed E-state index contributed by atoms with van der Waals surface area (Å²) in [6.07, 6.45) is 1.61. The molecular formula is C27H19Cl2FN2O4S. The normalized spacial score (nSPS) is 15.5. The lowest BCUT2D eigenvalue weighted by Crippen LogP contribution is -2.39. The first-order valence-electron chi connectivity index (χ1n) is 11.3. The standard InChI is InChI=1S/C27H19Cl2FN2O4S/c1-3-35-26(34)22-14(2)31-27-32(24(22)15-7-9-16(30)10-8-15)25(33)21(37-27)13-17-11-12-20(36-17)18-5-4-6-19(28)23(18)29/h4-13,24H,3H2,1-2H3/b21-13-/t24-/m0/s1. The summed E-state index contributed by atoms with van der Waals surface area (Å²) in [6.45, 7) is 3.55. The van der Waals surface area contributed by atoms with E-state index < -0.39 is 17.8 Å². The molecule has 188 valence electrons. The molecule has 0 spiro atoms. The van der Waals surface area contributed by atoms with Crippen LogP contribution in [-0.2, 0) is 9.53 Å². The molecule has 37 heavy (non-hydrogen) atoms. The molecule has 0 saturated heterocycles. The van der Waals surface area contributed by atoms with Gasteiger partial charge in [-0.2, -0.15) is 0 Å². The minimum Gasteiger partial charge on any atom is -0.463 e. The van der Waals surface area contributed by atoms with E-state index >= 15 is 0 Å². The van der Waals surface area contributed by atoms with Crippen LogP contribution in [0.15, 0.2) is 80.1 Å². The van der Waals surface area contributed by atoms with Crippen LogP contribution in [0.3, 0.4) is 0 Å². The van der Waals surface area contributed by atoms with Crippen LogP contribution in [0.25, 0.3) is 17.4 Å². The number of ether oxygens (including phenoxy) is 1. The molecule has 1 aliphatic heterocycles. The summed E-state index contributed by atoms with van der Waals surface area (Å²) in [6, 6.07) is 13.5. The van der Waals surface area contributed by atoms with Gasteiger partial charge in [0.25, 0.3) is 5.56 Å². The van der Waals surface area contributed by atoms with E-state index in [-0.39, 0.29) is 17.7 Å². The van der Waals surface area contributed by atoms with Crippen LogP contribution in [0.5, 0.6) is 0 Å². The fourth-order valence-corrected chi connectivity index (χ4v) is 5.57. The summed E-state index contributed by atoms with van der Waals surface area (Å²) in [7, 11) is 0. The Morgan fingerprint density at radius 3 is 2.68 bits per heavy atom. The van der Waals surface area contributed by atoms with E-state index in [1.54, 1.807) is 62.4 Å². The Hall–Kier alpha value is -3.46. The molecule has 0 bridgehead atoms. The number of esters is 1. The van der Waals surface area contributed by atoms with E-state index in [4.69, 9.17) is 32.4 Å². The molecule has 2 aromatic carbocycles. The van der Waals surface area contributed by atoms with Crippen molar-refractivity contribution in [1.29, 1.82) is 0 Å². The highest BCUT2D eigenvalue weighted by Crippen LogP contribution is 2.34. The summed E-state index contributed by atoms with van der Waals surface area (Å²) in [5.74, 6) is -0.0865. The topological polar surface area (TPSA) is 73.8 Å². The van der Waals surface area contributed by atoms with Crippen LogP contribution in [0, 0.1) is 5.82 Å². The Kier molecular flexibility index (Phi) is 6.90. The monoisotopic (exact) mass is 556 g/mol. The molecule has 10 heteroatoms. The second-order valence-electron chi connectivity index (χ2n) is 8.16. The van der Waals surface area contributed by atoms with Gasteiger partial charge >= 0.3 is 5.97 Å². The number of carbonyl (C=O) groups is 1. The van der Waals surface area contributed by atoms with E-state index in [1.165, 1.54) is 16.7 Å². The number of nitrogens with zero attached hydrogens (tertiary/aromatic N) is 2. The van der Waals surface area contributed by atoms with Gasteiger partial charge in [-0.25, -0.2) is 14.2 Å². The molecule has 1 atom stereocenters. The molecule has 0 N–H and O–H groups in total. The van der Waals surface area contributed by atoms with Gasteiger partial charge in [-0.3, -0.25) is 9.36 Å². The Morgan fingerprint density at radius 2 is 1.95 bits per heavy atom. The highest BCUT2D eigenvalue weighted by molar-refractivity contribution is 7.07. The smallest absolute Gasteiger partial charge is 0.338 e. The molecule has 4 aromatic rings. The highest BCUT2D eigenvalue weighted by Gasteiger charge is 2.33. The van der Waals surface area contributed by atoms with Gasteiger partial charge < -0.3 is 9.15 Å². The molecule has 0 unspecified atom stereocenters. The van der Waals surface area contributed by atoms with Crippen molar-refractivity contribution >= 4 is 46.6 Å². The Balaban J connectivity index is 1.64. The van der Waals surface area contributed by atoms with Crippen LogP contribution in [0.1, 0.15) is 31.2 Å². The van der Waals surface area contributed by atoms with Crippen molar-refractivity contribution in [2.75, 3.05) is 6.61 Å². The molecule has 0 saturated carbocycles. The minimum atomic E-state index is -0.824. The summed E-state index contributed by atoms with van der Waals surface area (Å²) in [5, 5.41) is 0.768. The van der Waals surface area contributed by atoms with Gasteiger partial charge in [0.1, 0.15) is 17.3 Å². The van der Waals surface area contributed by atoms with E-state index in [2.05, 4.69) is 4.99 Å². The van der Waals surface area contributed by atoms with Crippen molar-refractivity contribution in [2.24, 2.45) is 4.99 Å². The first kappa shape index (κ1) is 25.2. The van der Waals surface area contributed by atoms with E-state index in [9.17, 15) is 14.0 Å². The summed E-state index contributed by atoms with van der Waals surface area (Å²) in [4.78, 5) is 31.5. The maximum absolute atomic E-state index is 13.7. The molecule has 0 radical (unpaired) electrons. The van der Waals surface area contributed by atoms with Gasteiger partial charge in [-0.05, 0) is 55.8 Å². The molecule has 1 aliphatic rings. The lowest BCUT2D eigenvalue weighted by atomic mass is 9.96. The van der Waals surface area contributed by atoms with Crippen molar-refractivity contribution in [3.8, 4) is 11.3 Å². The predicted octanol–water partition coefficient (Wildman–Crippen LogP) is 5.50. The summed E-state index contributed by atoms with van der Waals surface area (Å²) in [5.41, 5.74) is 1.47. The zero-order valence-corrected chi connectivity index (χ0v) is 22.0. The number of thiazole rings is 1. The molecule has 0 amide bonds. The maximum atomic E-state index is 13.7. The first-order chi connectivity index (χ1) is 17.8. The predicted molar refractivity (Wildman–Crippen MR) is 141 cm³/mol. The van der Waals surface area contributed by atoms with E-state index in [0.29, 0.717) is 47.7 Å². The number of benzene rings is 2. The third kappa shape index (κ3) is 4.68. The first-order valence-corrected chi connectivity index (χ1v) is 12.8. The number of aromatic nitrogens is 1. The average molecular weight is 557 g/mol. The highest BCUT2D eigenvalue weighted by atomic mass is 35.5. The number of carbonyl (C=O) groups excluding carboxylic acids is 1. The van der Waals surface area contributed by atoms with Gasteiger partial charge in [0, 0.05) is 11.6 Å². The number of furan rings is 1. The fourth-order valence-electron chi connectivity index (χ4n) is 4.15. The van der Waals surface area contributed by atoms with Crippen LogP contribution >= 0.6 is 34.5 Å². The second kappa shape index (κ2) is 10.1. The number of hydrogen-bond acceptors (Lipinski definition) is 6. The zero-order valence-electron chi connectivity index (χ0n) is 19.6. The molecule has 3 heterocycles. The molecule has 5 rings (SSSR count). The third-order valence-corrected chi connectivity index (χ3v) is 7.62. The number of allylic oxidation sites excluding steroid dienone is 1. The van der Waals surface area contributed by atoms with Gasteiger partial charge in [-0.1, -0.05) is 52.7 Å².